The number of Topliss-reactive ketones (excluding diaryl/α,β-unsaturated/α-hetero) is 1. The number of amides is 1. The second-order valence-corrected chi connectivity index (χ2v) is 7.12. The minimum Gasteiger partial charge on any atom is -0.365 e. The predicted molar refractivity (Wildman–Crippen MR) is 102 cm³/mol. The summed E-state index contributed by atoms with van der Waals surface area (Å²) in [7, 11) is 0. The SMILES string of the molecule is Cc1cc(C(=O)CCC(=O)N2CCN(c3cc(F)cc(F)c3)[C@@H](C)C2)ccn1. The van der Waals surface area contributed by atoms with Gasteiger partial charge in [0.15, 0.2) is 5.78 Å². The maximum absolute atomic E-state index is 13.5. The third-order valence-electron chi connectivity index (χ3n) is 4.94. The number of hydrogen-bond donors (Lipinski definition) is 0. The molecule has 148 valence electrons. The first kappa shape index (κ1) is 19.9. The average Bonchev–Trinajstić information content (AvgIpc) is 2.64. The molecule has 28 heavy (non-hydrogen) atoms. The number of rotatable bonds is 5. The molecular weight excluding hydrogens is 364 g/mol. The van der Waals surface area contributed by atoms with Crippen molar-refractivity contribution in [2.75, 3.05) is 24.5 Å². The number of halogens is 2. The van der Waals surface area contributed by atoms with Crippen LogP contribution in [-0.2, 0) is 4.79 Å². The van der Waals surface area contributed by atoms with Gasteiger partial charge in [0, 0.05) is 67.7 Å². The van der Waals surface area contributed by atoms with Crippen LogP contribution >= 0.6 is 0 Å². The topological polar surface area (TPSA) is 53.5 Å². The van der Waals surface area contributed by atoms with E-state index in [1.807, 2.05) is 18.7 Å². The van der Waals surface area contributed by atoms with Gasteiger partial charge in [-0.3, -0.25) is 14.6 Å². The van der Waals surface area contributed by atoms with Crippen molar-refractivity contribution < 1.29 is 18.4 Å². The normalized spacial score (nSPS) is 16.9. The Hall–Kier alpha value is -2.83. The van der Waals surface area contributed by atoms with Crippen molar-refractivity contribution in [3.63, 3.8) is 0 Å². The highest BCUT2D eigenvalue weighted by atomic mass is 19.1. The molecule has 1 saturated heterocycles. The lowest BCUT2D eigenvalue weighted by molar-refractivity contribution is -0.131. The molecule has 1 aromatic heterocycles. The van der Waals surface area contributed by atoms with Crippen LogP contribution in [0.4, 0.5) is 14.5 Å². The highest BCUT2D eigenvalue weighted by Crippen LogP contribution is 2.23. The van der Waals surface area contributed by atoms with E-state index in [0.29, 0.717) is 30.9 Å². The largest absolute Gasteiger partial charge is 0.365 e. The predicted octanol–water partition coefficient (Wildman–Crippen LogP) is 3.37. The van der Waals surface area contributed by atoms with Crippen molar-refractivity contribution in [1.82, 2.24) is 9.88 Å². The molecule has 0 N–H and O–H groups in total. The van der Waals surface area contributed by atoms with E-state index in [4.69, 9.17) is 0 Å². The van der Waals surface area contributed by atoms with Gasteiger partial charge in [-0.05, 0) is 38.1 Å². The molecule has 1 aliphatic heterocycles. The second kappa shape index (κ2) is 8.46. The second-order valence-electron chi connectivity index (χ2n) is 7.12. The summed E-state index contributed by atoms with van der Waals surface area (Å²) < 4.78 is 27.0. The van der Waals surface area contributed by atoms with Crippen LogP contribution in [0.15, 0.2) is 36.5 Å². The molecule has 1 atom stereocenters. The molecule has 2 heterocycles. The van der Waals surface area contributed by atoms with Crippen LogP contribution in [0.1, 0.15) is 35.8 Å². The van der Waals surface area contributed by atoms with Crippen LogP contribution in [0.3, 0.4) is 0 Å². The highest BCUT2D eigenvalue weighted by molar-refractivity contribution is 5.98. The Balaban J connectivity index is 1.56. The lowest BCUT2D eigenvalue weighted by Crippen LogP contribution is -2.53. The van der Waals surface area contributed by atoms with Gasteiger partial charge in [-0.2, -0.15) is 0 Å². The number of piperazine rings is 1. The monoisotopic (exact) mass is 387 g/mol. The standard InChI is InChI=1S/C21H23F2N3O2/c1-14-9-16(5-6-24-14)20(27)3-4-21(28)25-7-8-26(15(2)13-25)19-11-17(22)10-18(23)12-19/h5-6,9-12,15H,3-4,7-8,13H2,1-2H3/t15-/m0/s1. The van der Waals surface area contributed by atoms with Crippen molar-refractivity contribution >= 4 is 17.4 Å². The molecule has 3 rings (SSSR count). The van der Waals surface area contributed by atoms with Gasteiger partial charge in [0.2, 0.25) is 5.91 Å². The van der Waals surface area contributed by atoms with Gasteiger partial charge < -0.3 is 9.80 Å². The van der Waals surface area contributed by atoms with Gasteiger partial charge in [0.1, 0.15) is 11.6 Å². The fourth-order valence-electron chi connectivity index (χ4n) is 3.51. The molecular formula is C21H23F2N3O2. The summed E-state index contributed by atoms with van der Waals surface area (Å²) >= 11 is 0. The zero-order chi connectivity index (χ0) is 20.3. The van der Waals surface area contributed by atoms with Crippen LogP contribution in [0.5, 0.6) is 0 Å². The summed E-state index contributed by atoms with van der Waals surface area (Å²) in [6.07, 6.45) is 1.87. The molecule has 0 aliphatic carbocycles. The van der Waals surface area contributed by atoms with Crippen molar-refractivity contribution in [3.05, 3.63) is 59.4 Å². The van der Waals surface area contributed by atoms with Crippen molar-refractivity contribution in [1.29, 1.82) is 0 Å². The molecule has 5 nitrogen and oxygen atoms in total. The molecule has 0 unspecified atom stereocenters. The van der Waals surface area contributed by atoms with Crippen molar-refractivity contribution in [2.24, 2.45) is 0 Å². The van der Waals surface area contributed by atoms with Crippen LogP contribution in [0, 0.1) is 18.6 Å². The van der Waals surface area contributed by atoms with Gasteiger partial charge in [-0.25, -0.2) is 8.78 Å². The molecule has 0 radical (unpaired) electrons. The van der Waals surface area contributed by atoms with E-state index >= 15 is 0 Å². The molecule has 1 amide bonds. The number of ketones is 1. The maximum Gasteiger partial charge on any atom is 0.223 e. The molecule has 0 spiro atoms. The van der Waals surface area contributed by atoms with Gasteiger partial charge in [0.05, 0.1) is 0 Å². The third-order valence-corrected chi connectivity index (χ3v) is 4.94. The number of aromatic nitrogens is 1. The van der Waals surface area contributed by atoms with E-state index in [1.54, 1.807) is 23.2 Å². The van der Waals surface area contributed by atoms with Crippen LogP contribution in [-0.4, -0.2) is 47.3 Å². The fourth-order valence-corrected chi connectivity index (χ4v) is 3.51. The first-order valence-electron chi connectivity index (χ1n) is 9.30. The van der Waals surface area contributed by atoms with E-state index in [0.717, 1.165) is 11.8 Å². The zero-order valence-corrected chi connectivity index (χ0v) is 16.0. The molecule has 1 fully saturated rings. The first-order chi connectivity index (χ1) is 13.3. The van der Waals surface area contributed by atoms with E-state index in [-0.39, 0.29) is 30.6 Å². The molecule has 0 bridgehead atoms. The molecule has 1 aromatic carbocycles. The Morgan fingerprint density at radius 3 is 2.46 bits per heavy atom. The first-order valence-corrected chi connectivity index (χ1v) is 9.30. The lowest BCUT2D eigenvalue weighted by atomic mass is 10.1. The quantitative estimate of drug-likeness (QED) is 0.739. The number of benzene rings is 1. The van der Waals surface area contributed by atoms with Gasteiger partial charge in [-0.1, -0.05) is 0 Å². The zero-order valence-electron chi connectivity index (χ0n) is 16.0. The Kier molecular flexibility index (Phi) is 6.02. The number of pyridine rings is 1. The van der Waals surface area contributed by atoms with Gasteiger partial charge in [0.25, 0.3) is 0 Å². The summed E-state index contributed by atoms with van der Waals surface area (Å²) in [6, 6.07) is 6.72. The van der Waals surface area contributed by atoms with Crippen LogP contribution in [0.2, 0.25) is 0 Å². The summed E-state index contributed by atoms with van der Waals surface area (Å²) in [5.41, 5.74) is 1.79. The van der Waals surface area contributed by atoms with E-state index in [9.17, 15) is 18.4 Å². The Bertz CT molecular complexity index is 867. The van der Waals surface area contributed by atoms with Crippen molar-refractivity contribution in [2.45, 2.75) is 32.7 Å². The fraction of sp³-hybridized carbons (Fsp3) is 0.381. The maximum atomic E-state index is 13.5. The Morgan fingerprint density at radius 1 is 1.11 bits per heavy atom. The lowest BCUT2D eigenvalue weighted by Gasteiger charge is -2.41. The number of carbonyl (C=O) groups excluding carboxylic acids is 2. The minimum absolute atomic E-state index is 0.0826. The Labute approximate surface area is 163 Å². The molecule has 7 heteroatoms. The average molecular weight is 387 g/mol. The van der Waals surface area contributed by atoms with Crippen molar-refractivity contribution in [3.8, 4) is 0 Å². The number of aryl methyl sites for hydroxylation is 1. The Morgan fingerprint density at radius 2 is 1.82 bits per heavy atom. The number of anilines is 1. The van der Waals surface area contributed by atoms with Crippen LogP contribution in [0.25, 0.3) is 0 Å². The highest BCUT2D eigenvalue weighted by Gasteiger charge is 2.27. The summed E-state index contributed by atoms with van der Waals surface area (Å²) in [5.74, 6) is -1.41. The molecule has 0 saturated carbocycles. The smallest absolute Gasteiger partial charge is 0.223 e. The van der Waals surface area contributed by atoms with Gasteiger partial charge >= 0.3 is 0 Å². The van der Waals surface area contributed by atoms with Crippen LogP contribution < -0.4 is 4.90 Å². The summed E-state index contributed by atoms with van der Waals surface area (Å²) in [4.78, 5) is 32.5. The van der Waals surface area contributed by atoms with E-state index < -0.39 is 11.6 Å². The number of hydrogen-bond acceptors (Lipinski definition) is 4. The number of nitrogens with zero attached hydrogens (tertiary/aromatic N) is 3. The van der Waals surface area contributed by atoms with E-state index in [1.165, 1.54) is 12.1 Å². The summed E-state index contributed by atoms with van der Waals surface area (Å²) in [6.45, 7) is 5.09. The van der Waals surface area contributed by atoms with E-state index in [2.05, 4.69) is 4.98 Å². The molecule has 2 aromatic rings. The minimum atomic E-state index is -0.620. The molecule has 1 aliphatic rings. The summed E-state index contributed by atoms with van der Waals surface area (Å²) in [5, 5.41) is 0. The number of carbonyl (C=O) groups is 2. The van der Waals surface area contributed by atoms with Gasteiger partial charge in [-0.15, -0.1) is 0 Å². The third kappa shape index (κ3) is 4.71.